The van der Waals surface area contributed by atoms with Gasteiger partial charge in [-0.3, -0.25) is 4.79 Å². The Kier molecular flexibility index (Phi) is 8.05. The molecule has 29 heavy (non-hydrogen) atoms. The smallest absolute Gasteiger partial charge is 0.315 e. The highest BCUT2D eigenvalue weighted by Crippen LogP contribution is 2.31. The Bertz CT molecular complexity index is 814. The fourth-order valence-electron chi connectivity index (χ4n) is 3.38. The van der Waals surface area contributed by atoms with Crippen LogP contribution >= 0.6 is 0 Å². The third-order valence-corrected chi connectivity index (χ3v) is 6.03. The van der Waals surface area contributed by atoms with Gasteiger partial charge in [-0.05, 0) is 75.3 Å². The first-order chi connectivity index (χ1) is 13.8. The maximum Gasteiger partial charge on any atom is 0.315 e. The van der Waals surface area contributed by atoms with Gasteiger partial charge in [0.15, 0.2) is 0 Å². The van der Waals surface area contributed by atoms with Gasteiger partial charge in [-0.1, -0.05) is 32.0 Å². The molecule has 0 spiro atoms. The number of aliphatic hydroxyl groups is 1. The Balaban J connectivity index is 2.19. The largest absolute Gasteiger partial charge is 0.492 e. The molecule has 5 heteroatoms. The molecule has 2 rings (SSSR count). The average molecular weight is 402 g/mol. The second kappa shape index (κ2) is 10.1. The molecular weight excluding hydrogens is 366 g/mol. The molecule has 0 fully saturated rings. The van der Waals surface area contributed by atoms with Crippen LogP contribution < -0.4 is 4.74 Å². The lowest BCUT2D eigenvalue weighted by Crippen LogP contribution is -2.37. The van der Waals surface area contributed by atoms with Gasteiger partial charge in [0.2, 0.25) is 0 Å². The van der Waals surface area contributed by atoms with Crippen LogP contribution in [0.4, 0.5) is 0 Å². The zero-order chi connectivity index (χ0) is 21.6. The summed E-state index contributed by atoms with van der Waals surface area (Å²) in [5, 5.41) is 12.7. The second-order valence-corrected chi connectivity index (χ2v) is 7.91. The number of benzene rings is 2. The van der Waals surface area contributed by atoms with E-state index in [1.807, 2.05) is 83.1 Å². The lowest BCUT2D eigenvalue weighted by molar-refractivity contribution is -0.158. The third kappa shape index (κ3) is 5.28. The minimum Gasteiger partial charge on any atom is -0.492 e. The molecule has 2 unspecified atom stereocenters. The van der Waals surface area contributed by atoms with Crippen LogP contribution in [-0.2, 0) is 9.53 Å². The number of aliphatic hydroxyl groups excluding tert-OH is 1. The lowest BCUT2D eigenvalue weighted by atomic mass is 9.83. The topological polar surface area (TPSA) is 59.0 Å². The minimum atomic E-state index is -0.624. The quantitative estimate of drug-likeness (QED) is 0.591. The van der Waals surface area contributed by atoms with Crippen LogP contribution in [0.1, 0.15) is 52.2 Å². The Morgan fingerprint density at radius 1 is 1.07 bits per heavy atom. The van der Waals surface area contributed by atoms with E-state index in [0.29, 0.717) is 26.1 Å². The summed E-state index contributed by atoms with van der Waals surface area (Å²) in [4.78, 5) is 14.4. The zero-order valence-electron chi connectivity index (χ0n) is 18.6. The van der Waals surface area contributed by atoms with Crippen LogP contribution in [0.5, 0.6) is 5.75 Å². The molecule has 0 heterocycles. The third-order valence-electron chi connectivity index (χ3n) is 6.03. The van der Waals surface area contributed by atoms with Crippen LogP contribution in [-0.4, -0.2) is 49.3 Å². The number of rotatable bonds is 10. The highest BCUT2D eigenvalue weighted by atomic mass is 16.5. The molecule has 2 aromatic rings. The van der Waals surface area contributed by atoms with E-state index in [2.05, 4.69) is 0 Å². The van der Waals surface area contributed by atoms with E-state index in [1.54, 1.807) is 0 Å². The van der Waals surface area contributed by atoms with Crippen molar-refractivity contribution in [2.24, 2.45) is 5.41 Å². The molecule has 0 amide bonds. The summed E-state index contributed by atoms with van der Waals surface area (Å²) in [6.07, 6.45) is 0.784. The van der Waals surface area contributed by atoms with E-state index >= 15 is 0 Å². The molecule has 0 bridgehead atoms. The lowest BCUT2D eigenvalue weighted by Gasteiger charge is -2.29. The predicted octanol–water partition coefficient (Wildman–Crippen LogP) is 4.57. The average Bonchev–Trinajstić information content (AvgIpc) is 2.73. The van der Waals surface area contributed by atoms with Crippen molar-refractivity contribution in [3.63, 3.8) is 0 Å². The molecule has 0 aliphatic heterocycles. The zero-order valence-corrected chi connectivity index (χ0v) is 18.6. The van der Waals surface area contributed by atoms with Crippen molar-refractivity contribution < 1.29 is 19.4 Å². The van der Waals surface area contributed by atoms with Gasteiger partial charge in [0.05, 0.1) is 12.7 Å². The van der Waals surface area contributed by atoms with Crippen molar-refractivity contribution in [3.05, 3.63) is 42.0 Å². The first kappa shape index (κ1) is 23.2. The number of nitrogens with zero attached hydrogens (tertiary/aromatic N) is 1. The molecule has 2 atom stereocenters. The van der Waals surface area contributed by atoms with E-state index in [9.17, 15) is 9.90 Å². The van der Waals surface area contributed by atoms with E-state index in [4.69, 9.17) is 9.47 Å². The summed E-state index contributed by atoms with van der Waals surface area (Å²) < 4.78 is 11.3. The number of hydrogen-bond acceptors (Lipinski definition) is 5. The Labute approximate surface area is 174 Å². The predicted molar refractivity (Wildman–Crippen MR) is 117 cm³/mol. The fourth-order valence-corrected chi connectivity index (χ4v) is 3.38. The van der Waals surface area contributed by atoms with Gasteiger partial charge < -0.3 is 19.5 Å². The molecule has 0 radical (unpaired) electrons. The maximum absolute atomic E-state index is 12.4. The van der Waals surface area contributed by atoms with Gasteiger partial charge in [0.1, 0.15) is 17.8 Å². The molecule has 0 saturated carbocycles. The molecule has 0 aliphatic rings. The summed E-state index contributed by atoms with van der Waals surface area (Å²) in [6.45, 7) is 8.47. The number of carbonyl (C=O) groups excluding carboxylic acids is 1. The molecule has 5 nitrogen and oxygen atoms in total. The van der Waals surface area contributed by atoms with E-state index in [1.165, 1.54) is 0 Å². The van der Waals surface area contributed by atoms with Gasteiger partial charge in [0.25, 0.3) is 0 Å². The molecule has 0 saturated heterocycles. The van der Waals surface area contributed by atoms with Crippen molar-refractivity contribution >= 4 is 16.7 Å². The van der Waals surface area contributed by atoms with Crippen LogP contribution in [0.2, 0.25) is 0 Å². The monoisotopic (exact) mass is 401 g/mol. The molecule has 0 aliphatic carbocycles. The molecule has 1 N–H and O–H groups in total. The molecule has 2 aromatic carbocycles. The number of esters is 1. The normalized spacial score (nSPS) is 14.1. The SMILES string of the molecule is CCOC(=O)C(CC)(CC)COc1ccc2cc(C(O)C(C)N(C)C)ccc2c1. The van der Waals surface area contributed by atoms with Crippen molar-refractivity contribution in [1.29, 1.82) is 0 Å². The maximum atomic E-state index is 12.4. The van der Waals surface area contributed by atoms with Crippen molar-refractivity contribution in [2.45, 2.75) is 52.7 Å². The van der Waals surface area contributed by atoms with Gasteiger partial charge in [-0.25, -0.2) is 0 Å². The second-order valence-electron chi connectivity index (χ2n) is 7.91. The molecular formula is C24H35NO4. The summed E-state index contributed by atoms with van der Waals surface area (Å²) >= 11 is 0. The van der Waals surface area contributed by atoms with Gasteiger partial charge in [-0.15, -0.1) is 0 Å². The standard InChI is InChI=1S/C24H35NO4/c1-7-24(8-2,23(27)28-9-3)16-29-21-13-12-18-14-20(11-10-19(18)15-21)22(26)17(4)25(5)6/h10-15,17,22,26H,7-9,16H2,1-6H3. The van der Waals surface area contributed by atoms with E-state index < -0.39 is 11.5 Å². The first-order valence-corrected chi connectivity index (χ1v) is 10.5. The van der Waals surface area contributed by atoms with E-state index in [-0.39, 0.29) is 12.0 Å². The molecule has 160 valence electrons. The summed E-state index contributed by atoms with van der Waals surface area (Å²) in [5.41, 5.74) is 0.270. The highest BCUT2D eigenvalue weighted by molar-refractivity contribution is 5.84. The summed E-state index contributed by atoms with van der Waals surface area (Å²) in [6, 6.07) is 11.9. The number of ether oxygens (including phenoxy) is 2. The number of fused-ring (bicyclic) bond motifs is 1. The summed E-state index contributed by atoms with van der Waals surface area (Å²) in [5.74, 6) is 0.530. The van der Waals surface area contributed by atoms with Crippen molar-refractivity contribution in [3.8, 4) is 5.75 Å². The van der Waals surface area contributed by atoms with Gasteiger partial charge >= 0.3 is 5.97 Å². The van der Waals surface area contributed by atoms with Gasteiger partial charge in [0, 0.05) is 6.04 Å². The van der Waals surface area contributed by atoms with Crippen LogP contribution in [0, 0.1) is 5.41 Å². The molecule has 0 aromatic heterocycles. The minimum absolute atomic E-state index is 0.0224. The Morgan fingerprint density at radius 2 is 1.69 bits per heavy atom. The highest BCUT2D eigenvalue weighted by Gasteiger charge is 2.37. The summed E-state index contributed by atoms with van der Waals surface area (Å²) in [7, 11) is 3.92. The Hall–Kier alpha value is -2.11. The fraction of sp³-hybridized carbons (Fsp3) is 0.542. The van der Waals surface area contributed by atoms with Crippen molar-refractivity contribution in [2.75, 3.05) is 27.3 Å². The van der Waals surface area contributed by atoms with Crippen LogP contribution in [0.3, 0.4) is 0 Å². The first-order valence-electron chi connectivity index (χ1n) is 10.5. The van der Waals surface area contributed by atoms with E-state index in [0.717, 1.165) is 22.1 Å². The number of likely N-dealkylation sites (N-methyl/N-ethyl adjacent to an activating group) is 1. The van der Waals surface area contributed by atoms with Crippen molar-refractivity contribution in [1.82, 2.24) is 4.90 Å². The Morgan fingerprint density at radius 3 is 2.28 bits per heavy atom. The van der Waals surface area contributed by atoms with Crippen LogP contribution in [0.25, 0.3) is 10.8 Å². The van der Waals surface area contributed by atoms with Gasteiger partial charge in [-0.2, -0.15) is 0 Å². The number of hydrogen-bond donors (Lipinski definition) is 1. The number of carbonyl (C=O) groups is 1. The van der Waals surface area contributed by atoms with Crippen LogP contribution in [0.15, 0.2) is 36.4 Å².